The lowest BCUT2D eigenvalue weighted by Crippen LogP contribution is -2.22. The van der Waals surface area contributed by atoms with Crippen molar-refractivity contribution in [2.75, 3.05) is 0 Å². The molecule has 2 unspecified atom stereocenters. The molecule has 1 rings (SSSR count). The van der Waals surface area contributed by atoms with E-state index in [9.17, 15) is 0 Å². The van der Waals surface area contributed by atoms with E-state index < -0.39 is 0 Å². The predicted octanol–water partition coefficient (Wildman–Crippen LogP) is 2.19. The molecule has 0 aliphatic carbocycles. The third-order valence-corrected chi connectivity index (χ3v) is 2.40. The molecule has 0 bridgehead atoms. The Morgan fingerprint density at radius 3 is 2.67 bits per heavy atom. The molecule has 1 heterocycles. The number of aromatic nitrogens is 1. The summed E-state index contributed by atoms with van der Waals surface area (Å²) in [6.45, 7) is 4.04. The van der Waals surface area contributed by atoms with E-state index in [1.807, 2.05) is 13.0 Å². The van der Waals surface area contributed by atoms with Crippen molar-refractivity contribution in [1.29, 1.82) is 0 Å². The molecule has 2 N–H and O–H groups in total. The van der Waals surface area contributed by atoms with Gasteiger partial charge < -0.3 is 5.73 Å². The molecule has 2 atom stereocenters. The van der Waals surface area contributed by atoms with Gasteiger partial charge in [-0.1, -0.05) is 18.5 Å². The molecular formula is C9H13ClN2. The van der Waals surface area contributed by atoms with Gasteiger partial charge in [0.05, 0.1) is 5.02 Å². The van der Waals surface area contributed by atoms with E-state index >= 15 is 0 Å². The van der Waals surface area contributed by atoms with Crippen molar-refractivity contribution in [3.63, 3.8) is 0 Å². The second kappa shape index (κ2) is 3.87. The van der Waals surface area contributed by atoms with Gasteiger partial charge in [0.2, 0.25) is 0 Å². The van der Waals surface area contributed by atoms with E-state index in [-0.39, 0.29) is 12.0 Å². The monoisotopic (exact) mass is 184 g/mol. The van der Waals surface area contributed by atoms with Gasteiger partial charge in [0.15, 0.2) is 0 Å². The van der Waals surface area contributed by atoms with Crippen LogP contribution in [0.3, 0.4) is 0 Å². The van der Waals surface area contributed by atoms with E-state index in [2.05, 4.69) is 11.9 Å². The number of pyridine rings is 1. The van der Waals surface area contributed by atoms with Gasteiger partial charge in [-0.15, -0.1) is 0 Å². The number of rotatable bonds is 2. The molecule has 0 aliphatic rings. The largest absolute Gasteiger partial charge is 0.327 e. The molecule has 1 aromatic heterocycles. The van der Waals surface area contributed by atoms with E-state index in [4.69, 9.17) is 17.3 Å². The summed E-state index contributed by atoms with van der Waals surface area (Å²) in [6, 6.07) is 2.03. The van der Waals surface area contributed by atoms with Gasteiger partial charge in [-0.3, -0.25) is 4.98 Å². The number of hydrogen-bond acceptors (Lipinski definition) is 2. The van der Waals surface area contributed by atoms with Gasteiger partial charge >= 0.3 is 0 Å². The number of nitrogens with zero attached hydrogens (tertiary/aromatic N) is 1. The average Bonchev–Trinajstić information content (AvgIpc) is 2.04. The molecule has 0 radical (unpaired) electrons. The molecule has 66 valence electrons. The van der Waals surface area contributed by atoms with Crippen LogP contribution in [0.4, 0.5) is 0 Å². The first-order chi connectivity index (χ1) is 5.63. The molecule has 12 heavy (non-hydrogen) atoms. The Labute approximate surface area is 77.8 Å². The van der Waals surface area contributed by atoms with Crippen molar-refractivity contribution in [3.05, 3.63) is 29.0 Å². The fraction of sp³-hybridized carbons (Fsp3) is 0.444. The van der Waals surface area contributed by atoms with Crippen molar-refractivity contribution >= 4 is 11.6 Å². The minimum absolute atomic E-state index is 0.116. The van der Waals surface area contributed by atoms with Crippen molar-refractivity contribution in [3.8, 4) is 0 Å². The quantitative estimate of drug-likeness (QED) is 0.766. The van der Waals surface area contributed by atoms with Gasteiger partial charge in [-0.05, 0) is 24.5 Å². The summed E-state index contributed by atoms with van der Waals surface area (Å²) in [5, 5.41) is 0.697. The molecule has 1 aromatic rings. The molecule has 0 spiro atoms. The van der Waals surface area contributed by atoms with Crippen molar-refractivity contribution in [2.45, 2.75) is 25.8 Å². The van der Waals surface area contributed by atoms with Crippen LogP contribution in [0.25, 0.3) is 0 Å². The summed E-state index contributed by atoms with van der Waals surface area (Å²) in [5.74, 6) is 0.278. The Bertz CT molecular complexity index is 260. The highest BCUT2D eigenvalue weighted by Gasteiger charge is 2.12. The summed E-state index contributed by atoms with van der Waals surface area (Å²) in [7, 11) is 0. The van der Waals surface area contributed by atoms with Crippen LogP contribution in [0, 0.1) is 0 Å². The zero-order valence-electron chi connectivity index (χ0n) is 7.29. The summed E-state index contributed by atoms with van der Waals surface area (Å²) in [5.41, 5.74) is 6.83. The first-order valence-corrected chi connectivity index (χ1v) is 4.35. The summed E-state index contributed by atoms with van der Waals surface area (Å²) < 4.78 is 0. The molecule has 2 nitrogen and oxygen atoms in total. The van der Waals surface area contributed by atoms with Gasteiger partial charge in [-0.25, -0.2) is 0 Å². The van der Waals surface area contributed by atoms with E-state index in [0.717, 1.165) is 5.56 Å². The van der Waals surface area contributed by atoms with Gasteiger partial charge in [0.1, 0.15) is 0 Å². The van der Waals surface area contributed by atoms with Crippen LogP contribution in [0.2, 0.25) is 5.02 Å². The predicted molar refractivity (Wildman–Crippen MR) is 51.3 cm³/mol. The Morgan fingerprint density at radius 2 is 2.17 bits per heavy atom. The minimum Gasteiger partial charge on any atom is -0.327 e. The third-order valence-electron chi connectivity index (χ3n) is 2.08. The van der Waals surface area contributed by atoms with E-state index in [1.165, 1.54) is 0 Å². The van der Waals surface area contributed by atoms with Crippen molar-refractivity contribution < 1.29 is 0 Å². The standard InChI is InChI=1S/C9H13ClN2/c1-6(7(2)11)8-3-4-12-5-9(8)10/h3-7H,11H2,1-2H3. The first-order valence-electron chi connectivity index (χ1n) is 3.98. The van der Waals surface area contributed by atoms with Gasteiger partial charge in [0, 0.05) is 18.4 Å². The number of halogens is 1. The highest BCUT2D eigenvalue weighted by atomic mass is 35.5. The zero-order chi connectivity index (χ0) is 9.14. The highest BCUT2D eigenvalue weighted by molar-refractivity contribution is 6.31. The molecule has 0 aromatic carbocycles. The average molecular weight is 185 g/mol. The second-order valence-electron chi connectivity index (χ2n) is 3.04. The Hall–Kier alpha value is -0.600. The van der Waals surface area contributed by atoms with Crippen LogP contribution in [0.1, 0.15) is 25.3 Å². The SMILES string of the molecule is CC(N)C(C)c1ccncc1Cl. The molecule has 0 saturated heterocycles. The first kappa shape index (κ1) is 9.49. The summed E-state index contributed by atoms with van der Waals surface area (Å²) in [4.78, 5) is 3.91. The van der Waals surface area contributed by atoms with Gasteiger partial charge in [0.25, 0.3) is 0 Å². The van der Waals surface area contributed by atoms with Crippen LogP contribution >= 0.6 is 11.6 Å². The normalized spacial score (nSPS) is 15.7. The maximum Gasteiger partial charge on any atom is 0.0624 e. The summed E-state index contributed by atoms with van der Waals surface area (Å²) >= 11 is 5.95. The minimum atomic E-state index is 0.116. The van der Waals surface area contributed by atoms with Crippen molar-refractivity contribution in [2.24, 2.45) is 5.73 Å². The van der Waals surface area contributed by atoms with Crippen LogP contribution in [-0.4, -0.2) is 11.0 Å². The third kappa shape index (κ3) is 1.96. The van der Waals surface area contributed by atoms with Crippen LogP contribution in [-0.2, 0) is 0 Å². The van der Waals surface area contributed by atoms with Crippen LogP contribution in [0.15, 0.2) is 18.5 Å². The smallest absolute Gasteiger partial charge is 0.0624 e. The van der Waals surface area contributed by atoms with E-state index in [1.54, 1.807) is 12.4 Å². The van der Waals surface area contributed by atoms with Gasteiger partial charge in [-0.2, -0.15) is 0 Å². The fourth-order valence-electron chi connectivity index (χ4n) is 1.04. The van der Waals surface area contributed by atoms with E-state index in [0.29, 0.717) is 5.02 Å². The molecule has 0 fully saturated rings. The fourth-order valence-corrected chi connectivity index (χ4v) is 1.33. The maximum absolute atomic E-state index is 5.95. The lowest BCUT2D eigenvalue weighted by atomic mass is 9.96. The van der Waals surface area contributed by atoms with Crippen LogP contribution < -0.4 is 5.73 Å². The maximum atomic E-state index is 5.95. The highest BCUT2D eigenvalue weighted by Crippen LogP contribution is 2.24. The number of nitrogens with two attached hydrogens (primary N) is 1. The lowest BCUT2D eigenvalue weighted by molar-refractivity contribution is 0.612. The molecule has 0 amide bonds. The molecule has 3 heteroatoms. The number of hydrogen-bond donors (Lipinski definition) is 1. The lowest BCUT2D eigenvalue weighted by Gasteiger charge is -2.16. The second-order valence-corrected chi connectivity index (χ2v) is 3.45. The zero-order valence-corrected chi connectivity index (χ0v) is 8.05. The Kier molecular flexibility index (Phi) is 3.06. The molecule has 0 saturated carbocycles. The summed E-state index contributed by atoms with van der Waals surface area (Å²) in [6.07, 6.45) is 3.38. The van der Waals surface area contributed by atoms with Crippen molar-refractivity contribution in [1.82, 2.24) is 4.98 Å². The molecule has 0 aliphatic heterocycles. The Morgan fingerprint density at radius 1 is 1.50 bits per heavy atom. The van der Waals surface area contributed by atoms with Crippen LogP contribution in [0.5, 0.6) is 0 Å². The molecular weight excluding hydrogens is 172 g/mol. The Balaban J connectivity index is 2.94. The topological polar surface area (TPSA) is 38.9 Å².